The van der Waals surface area contributed by atoms with E-state index in [2.05, 4.69) is 10.6 Å². The quantitative estimate of drug-likeness (QED) is 0.805. The summed E-state index contributed by atoms with van der Waals surface area (Å²) >= 11 is 6.02. The summed E-state index contributed by atoms with van der Waals surface area (Å²) in [5.74, 6) is -0.577. The Balaban J connectivity index is 2.05. The Kier molecular flexibility index (Phi) is 3.97. The zero-order valence-electron chi connectivity index (χ0n) is 13.6. The standard InChI is InChI=1S/C18H17ClN2O3/c1-18(2,17(23)24-3)10-4-7-13-15(8-10)21-16(22)12-6-5-11(19)9-14(12)20-13/h4-9,20H,1-3H3,(H,21,22). The molecule has 2 aromatic rings. The third-order valence-electron chi connectivity index (χ3n) is 4.18. The van der Waals surface area contributed by atoms with E-state index in [1.807, 2.05) is 12.1 Å². The van der Waals surface area contributed by atoms with Gasteiger partial charge in [0.05, 0.1) is 35.2 Å². The number of carbonyl (C=O) groups is 2. The molecule has 2 aromatic carbocycles. The van der Waals surface area contributed by atoms with E-state index in [9.17, 15) is 9.59 Å². The summed E-state index contributed by atoms with van der Waals surface area (Å²) in [5.41, 5.74) is 2.40. The van der Waals surface area contributed by atoms with Crippen LogP contribution in [0.15, 0.2) is 36.4 Å². The molecule has 0 aliphatic carbocycles. The largest absolute Gasteiger partial charge is 0.468 e. The van der Waals surface area contributed by atoms with Crippen molar-refractivity contribution >= 4 is 40.5 Å². The van der Waals surface area contributed by atoms with Crippen LogP contribution in [0.1, 0.15) is 29.8 Å². The van der Waals surface area contributed by atoms with Crippen LogP contribution in [0.3, 0.4) is 0 Å². The summed E-state index contributed by atoms with van der Waals surface area (Å²) in [6.07, 6.45) is 0. The number of methoxy groups -OCH3 is 1. The van der Waals surface area contributed by atoms with Gasteiger partial charge in [-0.2, -0.15) is 0 Å². The molecule has 3 rings (SSSR count). The van der Waals surface area contributed by atoms with Gasteiger partial charge in [-0.05, 0) is 49.7 Å². The van der Waals surface area contributed by atoms with Crippen LogP contribution in [0.4, 0.5) is 17.1 Å². The summed E-state index contributed by atoms with van der Waals surface area (Å²) in [5, 5.41) is 6.63. The Morgan fingerprint density at radius 3 is 2.50 bits per heavy atom. The summed E-state index contributed by atoms with van der Waals surface area (Å²) in [6, 6.07) is 10.5. The SMILES string of the molecule is COC(=O)C(C)(C)c1ccc2c(c1)NC(=O)c1ccc(Cl)cc1N2. The number of nitrogens with one attached hydrogen (secondary N) is 2. The van der Waals surface area contributed by atoms with Gasteiger partial charge in [0, 0.05) is 5.02 Å². The molecule has 0 bridgehead atoms. The Hall–Kier alpha value is -2.53. The van der Waals surface area contributed by atoms with E-state index in [0.29, 0.717) is 22.0 Å². The molecule has 1 aliphatic rings. The van der Waals surface area contributed by atoms with Crippen molar-refractivity contribution in [1.29, 1.82) is 0 Å². The first-order chi connectivity index (χ1) is 11.3. The van der Waals surface area contributed by atoms with E-state index in [0.717, 1.165) is 11.3 Å². The molecular weight excluding hydrogens is 328 g/mol. The number of benzene rings is 2. The van der Waals surface area contributed by atoms with Gasteiger partial charge in [0.1, 0.15) is 0 Å². The molecular formula is C18H17ClN2O3. The van der Waals surface area contributed by atoms with Gasteiger partial charge in [0.2, 0.25) is 0 Å². The van der Waals surface area contributed by atoms with Gasteiger partial charge >= 0.3 is 5.97 Å². The van der Waals surface area contributed by atoms with Crippen LogP contribution >= 0.6 is 11.6 Å². The molecule has 0 saturated carbocycles. The first-order valence-electron chi connectivity index (χ1n) is 7.44. The lowest BCUT2D eigenvalue weighted by Gasteiger charge is -2.23. The highest BCUT2D eigenvalue weighted by atomic mass is 35.5. The highest BCUT2D eigenvalue weighted by Gasteiger charge is 2.32. The van der Waals surface area contributed by atoms with Gasteiger partial charge in [0.25, 0.3) is 5.91 Å². The molecule has 1 amide bonds. The van der Waals surface area contributed by atoms with Crippen molar-refractivity contribution in [2.45, 2.75) is 19.3 Å². The van der Waals surface area contributed by atoms with Crippen molar-refractivity contribution in [2.24, 2.45) is 0 Å². The van der Waals surface area contributed by atoms with E-state index < -0.39 is 5.41 Å². The maximum absolute atomic E-state index is 12.4. The summed E-state index contributed by atoms with van der Waals surface area (Å²) in [7, 11) is 1.36. The summed E-state index contributed by atoms with van der Waals surface area (Å²) in [6.45, 7) is 3.56. The monoisotopic (exact) mass is 344 g/mol. The number of ether oxygens (including phenoxy) is 1. The molecule has 0 aromatic heterocycles. The van der Waals surface area contributed by atoms with Gasteiger partial charge < -0.3 is 15.4 Å². The second kappa shape index (κ2) is 5.83. The van der Waals surface area contributed by atoms with Crippen LogP contribution in [0.25, 0.3) is 0 Å². The zero-order chi connectivity index (χ0) is 17.5. The fourth-order valence-corrected chi connectivity index (χ4v) is 2.84. The lowest BCUT2D eigenvalue weighted by molar-refractivity contribution is -0.146. The number of halogens is 1. The maximum atomic E-state index is 12.4. The molecule has 0 atom stereocenters. The maximum Gasteiger partial charge on any atom is 0.315 e. The minimum absolute atomic E-state index is 0.235. The van der Waals surface area contributed by atoms with Gasteiger partial charge in [0.15, 0.2) is 0 Å². The molecule has 24 heavy (non-hydrogen) atoms. The molecule has 0 radical (unpaired) electrons. The molecule has 0 saturated heterocycles. The highest BCUT2D eigenvalue weighted by Crippen LogP contribution is 2.36. The number of esters is 1. The van der Waals surface area contributed by atoms with Crippen molar-refractivity contribution < 1.29 is 14.3 Å². The fourth-order valence-electron chi connectivity index (χ4n) is 2.67. The number of rotatable bonds is 2. The minimum atomic E-state index is -0.822. The Bertz CT molecular complexity index is 846. The van der Waals surface area contributed by atoms with Crippen LogP contribution in [-0.2, 0) is 14.9 Å². The van der Waals surface area contributed by atoms with Gasteiger partial charge in [-0.15, -0.1) is 0 Å². The second-order valence-corrected chi connectivity index (χ2v) is 6.58. The van der Waals surface area contributed by atoms with E-state index >= 15 is 0 Å². The normalized spacial score (nSPS) is 13.1. The number of anilines is 3. The van der Waals surface area contributed by atoms with Crippen LogP contribution in [0.2, 0.25) is 5.02 Å². The number of fused-ring (bicyclic) bond motifs is 2. The average molecular weight is 345 g/mol. The second-order valence-electron chi connectivity index (χ2n) is 6.15. The van der Waals surface area contributed by atoms with Gasteiger partial charge in [-0.3, -0.25) is 9.59 Å². The molecule has 5 nitrogen and oxygen atoms in total. The lowest BCUT2D eigenvalue weighted by Crippen LogP contribution is -2.30. The topological polar surface area (TPSA) is 67.4 Å². The van der Waals surface area contributed by atoms with Crippen molar-refractivity contribution in [3.63, 3.8) is 0 Å². The van der Waals surface area contributed by atoms with Crippen LogP contribution in [0, 0.1) is 0 Å². The van der Waals surface area contributed by atoms with E-state index in [1.165, 1.54) is 7.11 Å². The number of carbonyl (C=O) groups excluding carboxylic acids is 2. The fraction of sp³-hybridized carbons (Fsp3) is 0.222. The van der Waals surface area contributed by atoms with E-state index in [4.69, 9.17) is 16.3 Å². The van der Waals surface area contributed by atoms with Crippen molar-refractivity contribution in [3.8, 4) is 0 Å². The van der Waals surface area contributed by atoms with Crippen molar-refractivity contribution in [3.05, 3.63) is 52.5 Å². The Morgan fingerprint density at radius 1 is 1.04 bits per heavy atom. The summed E-state index contributed by atoms with van der Waals surface area (Å²) < 4.78 is 4.87. The van der Waals surface area contributed by atoms with Gasteiger partial charge in [-0.25, -0.2) is 0 Å². The number of hydrogen-bond acceptors (Lipinski definition) is 4. The molecule has 6 heteroatoms. The van der Waals surface area contributed by atoms with Crippen LogP contribution in [-0.4, -0.2) is 19.0 Å². The van der Waals surface area contributed by atoms with Crippen molar-refractivity contribution in [2.75, 3.05) is 17.7 Å². The Labute approximate surface area is 145 Å². The third kappa shape index (κ3) is 2.71. The molecule has 1 heterocycles. The number of hydrogen-bond donors (Lipinski definition) is 2. The molecule has 0 spiro atoms. The first kappa shape index (κ1) is 16.3. The third-order valence-corrected chi connectivity index (χ3v) is 4.42. The zero-order valence-corrected chi connectivity index (χ0v) is 14.3. The molecule has 124 valence electrons. The predicted molar refractivity (Wildman–Crippen MR) is 94.2 cm³/mol. The first-order valence-corrected chi connectivity index (χ1v) is 7.81. The smallest absolute Gasteiger partial charge is 0.315 e. The van der Waals surface area contributed by atoms with E-state index in [-0.39, 0.29) is 11.9 Å². The average Bonchev–Trinajstić information content (AvgIpc) is 2.68. The van der Waals surface area contributed by atoms with Crippen LogP contribution < -0.4 is 10.6 Å². The molecule has 0 unspecified atom stereocenters. The molecule has 2 N–H and O–H groups in total. The Morgan fingerprint density at radius 2 is 1.79 bits per heavy atom. The number of amides is 1. The molecule has 1 aliphatic heterocycles. The summed E-state index contributed by atoms with van der Waals surface area (Å²) in [4.78, 5) is 24.5. The van der Waals surface area contributed by atoms with Gasteiger partial charge in [-0.1, -0.05) is 17.7 Å². The highest BCUT2D eigenvalue weighted by molar-refractivity contribution is 6.31. The lowest BCUT2D eigenvalue weighted by atomic mass is 9.84. The van der Waals surface area contributed by atoms with E-state index in [1.54, 1.807) is 38.1 Å². The predicted octanol–water partition coefficient (Wildman–Crippen LogP) is 4.10. The minimum Gasteiger partial charge on any atom is -0.468 e. The van der Waals surface area contributed by atoms with Crippen LogP contribution in [0.5, 0.6) is 0 Å². The molecule has 0 fully saturated rings. The van der Waals surface area contributed by atoms with Crippen molar-refractivity contribution in [1.82, 2.24) is 0 Å².